The van der Waals surface area contributed by atoms with Gasteiger partial charge >= 0.3 is 6.09 Å². The molecule has 0 saturated heterocycles. The molecule has 6 nitrogen and oxygen atoms in total. The molecule has 0 rings (SSSR count). The summed E-state index contributed by atoms with van der Waals surface area (Å²) < 4.78 is 15.7. The fourth-order valence-corrected chi connectivity index (χ4v) is 1.39. The molecule has 0 aliphatic carbocycles. The van der Waals surface area contributed by atoms with Crippen LogP contribution in [0, 0.1) is 11.8 Å². The van der Waals surface area contributed by atoms with Crippen LogP contribution < -0.4 is 10.6 Å². The second-order valence-electron chi connectivity index (χ2n) is 5.73. The van der Waals surface area contributed by atoms with E-state index in [-0.39, 0.29) is 12.7 Å². The molecule has 0 aliphatic rings. The normalized spacial score (nSPS) is 11.1. The summed E-state index contributed by atoms with van der Waals surface area (Å²) in [6.45, 7) is 13.3. The largest absolute Gasteiger partial charge is 0.447 e. The molecule has 0 aromatic carbocycles. The summed E-state index contributed by atoms with van der Waals surface area (Å²) in [4.78, 5) is 11.2. The third kappa shape index (κ3) is 17.1. The van der Waals surface area contributed by atoms with Crippen LogP contribution in [0.3, 0.4) is 0 Å². The molecule has 0 aliphatic heterocycles. The van der Waals surface area contributed by atoms with E-state index in [2.05, 4.69) is 24.5 Å². The van der Waals surface area contributed by atoms with Crippen LogP contribution in [-0.4, -0.2) is 58.8 Å². The molecule has 0 heterocycles. The van der Waals surface area contributed by atoms with Gasteiger partial charge in [0, 0.05) is 13.1 Å². The van der Waals surface area contributed by atoms with Gasteiger partial charge in [0.2, 0.25) is 0 Å². The summed E-state index contributed by atoms with van der Waals surface area (Å²) in [7, 11) is 0. The molecular formula is C15H32N2O4. The van der Waals surface area contributed by atoms with Crippen LogP contribution in [0.2, 0.25) is 0 Å². The average Bonchev–Trinajstić information content (AvgIpc) is 2.42. The van der Waals surface area contributed by atoms with Crippen molar-refractivity contribution in [2.24, 2.45) is 11.8 Å². The molecule has 0 bridgehead atoms. The predicted octanol–water partition coefficient (Wildman–Crippen LogP) is 1.65. The maximum absolute atomic E-state index is 11.2. The zero-order chi connectivity index (χ0) is 15.9. The first-order chi connectivity index (χ1) is 10.0. The van der Waals surface area contributed by atoms with Gasteiger partial charge in [0.1, 0.15) is 6.61 Å². The Morgan fingerprint density at radius 3 is 2.05 bits per heavy atom. The molecule has 1 amide bonds. The van der Waals surface area contributed by atoms with Crippen molar-refractivity contribution in [1.29, 1.82) is 0 Å². The lowest BCUT2D eigenvalue weighted by Gasteiger charge is -2.10. The van der Waals surface area contributed by atoms with Crippen molar-refractivity contribution in [1.82, 2.24) is 10.6 Å². The first-order valence-electron chi connectivity index (χ1n) is 7.79. The molecule has 0 atom stereocenters. The lowest BCUT2D eigenvalue weighted by Crippen LogP contribution is -2.29. The topological polar surface area (TPSA) is 68.8 Å². The second kappa shape index (κ2) is 14.1. The van der Waals surface area contributed by atoms with E-state index < -0.39 is 0 Å². The highest BCUT2D eigenvalue weighted by Crippen LogP contribution is 1.89. The number of carbonyl (C=O) groups excluding carboxylic acids is 1. The average molecular weight is 304 g/mol. The van der Waals surface area contributed by atoms with Gasteiger partial charge in [0.05, 0.1) is 26.4 Å². The number of nitrogens with one attached hydrogen (secondary N) is 2. The predicted molar refractivity (Wildman–Crippen MR) is 83.5 cm³/mol. The van der Waals surface area contributed by atoms with Crippen molar-refractivity contribution < 1.29 is 19.0 Å². The summed E-state index contributed by atoms with van der Waals surface area (Å²) in [5.41, 5.74) is 0. The van der Waals surface area contributed by atoms with Gasteiger partial charge in [0.25, 0.3) is 0 Å². The van der Waals surface area contributed by atoms with Crippen molar-refractivity contribution in [2.75, 3.05) is 52.7 Å². The molecule has 0 aromatic rings. The van der Waals surface area contributed by atoms with E-state index in [0.717, 1.165) is 13.1 Å². The third-order valence-corrected chi connectivity index (χ3v) is 2.46. The number of ether oxygens (including phenoxy) is 3. The molecule has 0 saturated carbocycles. The Hall–Kier alpha value is -0.850. The Morgan fingerprint density at radius 2 is 1.43 bits per heavy atom. The second-order valence-corrected chi connectivity index (χ2v) is 5.73. The summed E-state index contributed by atoms with van der Waals surface area (Å²) in [6, 6.07) is 0. The fraction of sp³-hybridized carbons (Fsp3) is 0.933. The van der Waals surface area contributed by atoms with Gasteiger partial charge in [-0.1, -0.05) is 27.7 Å². The standard InChI is InChI=1S/C15H32N2O4/c1-13(2)11-16-5-6-19-7-8-20-9-10-21-15(18)17-12-14(3)4/h13-14,16H,5-12H2,1-4H3,(H,17,18). The number of hydrogen-bond acceptors (Lipinski definition) is 5. The van der Waals surface area contributed by atoms with Crippen molar-refractivity contribution in [3.63, 3.8) is 0 Å². The van der Waals surface area contributed by atoms with Crippen LogP contribution >= 0.6 is 0 Å². The van der Waals surface area contributed by atoms with Gasteiger partial charge in [0.15, 0.2) is 0 Å². The lowest BCUT2D eigenvalue weighted by molar-refractivity contribution is 0.0287. The molecule has 0 unspecified atom stereocenters. The molecule has 0 spiro atoms. The number of amides is 1. The fourth-order valence-electron chi connectivity index (χ4n) is 1.39. The molecule has 0 fully saturated rings. The maximum Gasteiger partial charge on any atom is 0.407 e. The van der Waals surface area contributed by atoms with Gasteiger partial charge in [-0.3, -0.25) is 0 Å². The smallest absolute Gasteiger partial charge is 0.407 e. The Bertz CT molecular complexity index is 248. The van der Waals surface area contributed by atoms with E-state index in [0.29, 0.717) is 44.8 Å². The number of rotatable bonds is 13. The van der Waals surface area contributed by atoms with E-state index in [1.807, 2.05) is 13.8 Å². The van der Waals surface area contributed by atoms with E-state index in [1.165, 1.54) is 0 Å². The Balaban J connectivity index is 3.13. The third-order valence-electron chi connectivity index (χ3n) is 2.46. The summed E-state index contributed by atoms with van der Waals surface area (Å²) >= 11 is 0. The van der Waals surface area contributed by atoms with Crippen molar-refractivity contribution in [3.05, 3.63) is 0 Å². The van der Waals surface area contributed by atoms with Crippen molar-refractivity contribution >= 4 is 6.09 Å². The highest BCUT2D eigenvalue weighted by atomic mass is 16.6. The van der Waals surface area contributed by atoms with E-state index in [9.17, 15) is 4.79 Å². The summed E-state index contributed by atoms with van der Waals surface area (Å²) in [5, 5.41) is 5.97. The van der Waals surface area contributed by atoms with Crippen LogP contribution in [0.25, 0.3) is 0 Å². The first-order valence-corrected chi connectivity index (χ1v) is 7.79. The lowest BCUT2D eigenvalue weighted by atomic mass is 10.2. The van der Waals surface area contributed by atoms with E-state index >= 15 is 0 Å². The monoisotopic (exact) mass is 304 g/mol. The molecule has 0 radical (unpaired) electrons. The van der Waals surface area contributed by atoms with Gasteiger partial charge in [-0.05, 0) is 18.4 Å². The van der Waals surface area contributed by atoms with Gasteiger partial charge in [-0.25, -0.2) is 4.79 Å². The minimum absolute atomic E-state index is 0.264. The highest BCUT2D eigenvalue weighted by Gasteiger charge is 2.02. The van der Waals surface area contributed by atoms with Crippen LogP contribution in [0.15, 0.2) is 0 Å². The van der Waals surface area contributed by atoms with Crippen LogP contribution in [0.4, 0.5) is 4.79 Å². The molecule has 0 aromatic heterocycles. The minimum atomic E-state index is -0.389. The summed E-state index contributed by atoms with van der Waals surface area (Å²) in [6.07, 6.45) is -0.389. The number of carbonyl (C=O) groups is 1. The minimum Gasteiger partial charge on any atom is -0.447 e. The van der Waals surface area contributed by atoms with E-state index in [1.54, 1.807) is 0 Å². The van der Waals surface area contributed by atoms with Gasteiger partial charge in [-0.2, -0.15) is 0 Å². The first kappa shape index (κ1) is 20.1. The highest BCUT2D eigenvalue weighted by molar-refractivity contribution is 5.67. The maximum atomic E-state index is 11.2. The Kier molecular flexibility index (Phi) is 13.5. The van der Waals surface area contributed by atoms with Gasteiger partial charge in [-0.15, -0.1) is 0 Å². The van der Waals surface area contributed by atoms with Crippen molar-refractivity contribution in [2.45, 2.75) is 27.7 Å². The molecule has 126 valence electrons. The zero-order valence-electron chi connectivity index (χ0n) is 13.9. The summed E-state index contributed by atoms with van der Waals surface area (Å²) in [5.74, 6) is 1.08. The number of alkyl carbamates (subject to hydrolysis) is 1. The molecule has 21 heavy (non-hydrogen) atoms. The SMILES string of the molecule is CC(C)CNCCOCCOCCOC(=O)NCC(C)C. The molecule has 6 heteroatoms. The zero-order valence-corrected chi connectivity index (χ0v) is 13.9. The van der Waals surface area contributed by atoms with E-state index in [4.69, 9.17) is 14.2 Å². The number of hydrogen-bond donors (Lipinski definition) is 2. The molecule has 2 N–H and O–H groups in total. The van der Waals surface area contributed by atoms with Crippen molar-refractivity contribution in [3.8, 4) is 0 Å². The van der Waals surface area contributed by atoms with Crippen LogP contribution in [0.1, 0.15) is 27.7 Å². The Labute approximate surface area is 128 Å². The van der Waals surface area contributed by atoms with Crippen LogP contribution in [-0.2, 0) is 14.2 Å². The Morgan fingerprint density at radius 1 is 0.857 bits per heavy atom. The van der Waals surface area contributed by atoms with Crippen LogP contribution in [0.5, 0.6) is 0 Å². The quantitative estimate of drug-likeness (QED) is 0.506. The van der Waals surface area contributed by atoms with Gasteiger partial charge < -0.3 is 24.8 Å². The molecular weight excluding hydrogens is 272 g/mol.